The maximum absolute atomic E-state index is 13.3. The average molecular weight is 439 g/mol. The van der Waals surface area contributed by atoms with Crippen LogP contribution in [0.2, 0.25) is 0 Å². The van der Waals surface area contributed by atoms with E-state index in [4.69, 9.17) is 14.2 Å². The van der Waals surface area contributed by atoms with Crippen LogP contribution in [0.15, 0.2) is 42.5 Å². The van der Waals surface area contributed by atoms with E-state index in [-0.39, 0.29) is 23.7 Å². The normalized spacial score (nSPS) is 20.0. The fourth-order valence-corrected chi connectivity index (χ4v) is 4.39. The molecular weight excluding hydrogens is 408 g/mol. The van der Waals surface area contributed by atoms with Gasteiger partial charge in [0.25, 0.3) is 5.91 Å². The molecule has 2 fully saturated rings. The lowest BCUT2D eigenvalue weighted by Crippen LogP contribution is -2.36. The highest BCUT2D eigenvalue weighted by Gasteiger charge is 2.42. The van der Waals surface area contributed by atoms with Gasteiger partial charge < -0.3 is 24.4 Å². The quantitative estimate of drug-likeness (QED) is 0.685. The molecule has 1 aliphatic heterocycles. The summed E-state index contributed by atoms with van der Waals surface area (Å²) in [5.41, 5.74) is 1.42. The molecule has 1 aliphatic carbocycles. The maximum atomic E-state index is 13.3. The molecule has 1 saturated heterocycles. The molecule has 32 heavy (non-hydrogen) atoms. The van der Waals surface area contributed by atoms with Crippen LogP contribution >= 0.6 is 0 Å². The van der Waals surface area contributed by atoms with E-state index in [2.05, 4.69) is 5.32 Å². The van der Waals surface area contributed by atoms with Crippen molar-refractivity contribution in [1.29, 1.82) is 0 Å². The Bertz CT molecular complexity index is 988. The number of rotatable bonds is 8. The van der Waals surface area contributed by atoms with Crippen LogP contribution < -0.4 is 19.5 Å². The van der Waals surface area contributed by atoms with E-state index in [1.165, 1.54) is 12.8 Å². The summed E-state index contributed by atoms with van der Waals surface area (Å²) in [6.45, 7) is 1.46. The summed E-state index contributed by atoms with van der Waals surface area (Å²) in [6, 6.07) is 12.8. The second-order valence-corrected chi connectivity index (χ2v) is 8.43. The van der Waals surface area contributed by atoms with E-state index in [0.29, 0.717) is 48.4 Å². The highest BCUT2D eigenvalue weighted by Crippen LogP contribution is 2.42. The van der Waals surface area contributed by atoms with Crippen LogP contribution in [0.25, 0.3) is 0 Å². The number of carbonyl (C=O) groups excluding carboxylic acids is 2. The molecule has 0 spiro atoms. The van der Waals surface area contributed by atoms with Crippen molar-refractivity contribution in [3.63, 3.8) is 0 Å². The first-order valence-corrected chi connectivity index (χ1v) is 11.0. The minimum atomic E-state index is -0.371. The Morgan fingerprint density at radius 2 is 1.78 bits per heavy atom. The van der Waals surface area contributed by atoms with Gasteiger partial charge in [0, 0.05) is 36.7 Å². The Labute approximate surface area is 188 Å². The van der Waals surface area contributed by atoms with Crippen molar-refractivity contribution in [1.82, 2.24) is 10.2 Å². The Kier molecular flexibility index (Phi) is 6.53. The van der Waals surface area contributed by atoms with Gasteiger partial charge in [-0.2, -0.15) is 0 Å². The third kappa shape index (κ3) is 4.52. The van der Waals surface area contributed by atoms with Crippen molar-refractivity contribution < 1.29 is 23.8 Å². The number of methoxy groups -OCH3 is 3. The summed E-state index contributed by atoms with van der Waals surface area (Å²) in [7, 11) is 4.76. The number of nitrogens with zero attached hydrogens (tertiary/aromatic N) is 1. The molecule has 2 atom stereocenters. The highest BCUT2D eigenvalue weighted by atomic mass is 16.5. The number of carbonyl (C=O) groups is 2. The fraction of sp³-hybridized carbons (Fsp3) is 0.440. The van der Waals surface area contributed by atoms with E-state index in [9.17, 15) is 9.59 Å². The van der Waals surface area contributed by atoms with Crippen molar-refractivity contribution in [2.75, 3.05) is 41.0 Å². The van der Waals surface area contributed by atoms with Crippen LogP contribution in [0.1, 0.15) is 34.7 Å². The van der Waals surface area contributed by atoms with Crippen molar-refractivity contribution >= 4 is 11.8 Å². The number of likely N-dealkylation sites (tertiary alicyclic amines) is 1. The van der Waals surface area contributed by atoms with Gasteiger partial charge in [0.15, 0.2) is 11.5 Å². The maximum Gasteiger partial charge on any atom is 0.254 e. The summed E-state index contributed by atoms with van der Waals surface area (Å²) in [6.07, 6.45) is 2.33. The van der Waals surface area contributed by atoms with Crippen LogP contribution in [0, 0.1) is 11.8 Å². The molecule has 2 aliphatic rings. The molecule has 7 heteroatoms. The first-order chi connectivity index (χ1) is 15.5. The van der Waals surface area contributed by atoms with Gasteiger partial charge in [0.1, 0.15) is 5.75 Å². The second kappa shape index (κ2) is 9.51. The molecule has 2 unspecified atom stereocenters. The van der Waals surface area contributed by atoms with Gasteiger partial charge in [-0.1, -0.05) is 18.2 Å². The Morgan fingerprint density at radius 3 is 2.47 bits per heavy atom. The molecule has 0 radical (unpaired) electrons. The zero-order valence-corrected chi connectivity index (χ0v) is 18.8. The zero-order valence-electron chi connectivity index (χ0n) is 18.8. The van der Waals surface area contributed by atoms with Crippen LogP contribution in [0.3, 0.4) is 0 Å². The first kappa shape index (κ1) is 22.0. The number of benzene rings is 2. The largest absolute Gasteiger partial charge is 0.497 e. The van der Waals surface area contributed by atoms with E-state index in [1.807, 2.05) is 18.2 Å². The molecular formula is C25H30N2O5. The van der Waals surface area contributed by atoms with E-state index < -0.39 is 0 Å². The molecule has 2 aromatic rings. The standard InChI is InChI=1S/C25H30N2O5/c1-30-18-7-4-6-17(12-18)25(29)27-14-20(19-8-5-9-22(31-2)23(19)32-3)21(15-27)24(28)26-13-16-10-11-16/h4-9,12,16,20-21H,10-11,13-15H2,1-3H3,(H,26,28). The molecule has 7 nitrogen and oxygen atoms in total. The number of ether oxygens (including phenoxy) is 3. The Morgan fingerprint density at radius 1 is 1.00 bits per heavy atom. The monoisotopic (exact) mass is 438 g/mol. The lowest BCUT2D eigenvalue weighted by Gasteiger charge is -2.21. The van der Waals surface area contributed by atoms with Gasteiger partial charge in [0.2, 0.25) is 5.91 Å². The van der Waals surface area contributed by atoms with Crippen LogP contribution in [-0.2, 0) is 4.79 Å². The third-order valence-corrected chi connectivity index (χ3v) is 6.36. The van der Waals surface area contributed by atoms with E-state index in [1.54, 1.807) is 50.5 Å². The topological polar surface area (TPSA) is 77.1 Å². The van der Waals surface area contributed by atoms with Crippen molar-refractivity contribution in [3.05, 3.63) is 53.6 Å². The van der Waals surface area contributed by atoms with Gasteiger partial charge in [-0.15, -0.1) is 0 Å². The summed E-state index contributed by atoms with van der Waals surface area (Å²) in [5.74, 6) is 1.72. The molecule has 0 bridgehead atoms. The predicted molar refractivity (Wildman–Crippen MR) is 120 cm³/mol. The molecule has 1 N–H and O–H groups in total. The van der Waals surface area contributed by atoms with Crippen molar-refractivity contribution in [2.24, 2.45) is 11.8 Å². The second-order valence-electron chi connectivity index (χ2n) is 8.43. The number of nitrogens with one attached hydrogen (secondary N) is 1. The Hall–Kier alpha value is -3.22. The van der Waals surface area contributed by atoms with E-state index >= 15 is 0 Å². The molecule has 4 rings (SSSR count). The molecule has 1 saturated carbocycles. The summed E-state index contributed by atoms with van der Waals surface area (Å²) < 4.78 is 16.4. The van der Waals surface area contributed by atoms with Gasteiger partial charge in [-0.25, -0.2) is 0 Å². The molecule has 2 amide bonds. The van der Waals surface area contributed by atoms with Crippen molar-refractivity contribution in [2.45, 2.75) is 18.8 Å². The number of amides is 2. The lowest BCUT2D eigenvalue weighted by atomic mass is 9.87. The first-order valence-electron chi connectivity index (χ1n) is 11.0. The molecule has 0 aromatic heterocycles. The number of hydrogen-bond acceptors (Lipinski definition) is 5. The Balaban J connectivity index is 1.63. The smallest absolute Gasteiger partial charge is 0.254 e. The minimum absolute atomic E-state index is 0.0206. The zero-order chi connectivity index (χ0) is 22.7. The van der Waals surface area contributed by atoms with Gasteiger partial charge in [-0.3, -0.25) is 9.59 Å². The average Bonchev–Trinajstić information content (AvgIpc) is 3.57. The summed E-state index contributed by atoms with van der Waals surface area (Å²) in [5, 5.41) is 3.10. The molecule has 170 valence electrons. The van der Waals surface area contributed by atoms with E-state index in [0.717, 1.165) is 5.56 Å². The highest BCUT2D eigenvalue weighted by molar-refractivity contribution is 5.95. The van der Waals surface area contributed by atoms with Crippen LogP contribution in [0.4, 0.5) is 0 Å². The SMILES string of the molecule is COc1cccc(C(=O)N2CC(C(=O)NCC3CC3)C(c3cccc(OC)c3OC)C2)c1. The third-order valence-electron chi connectivity index (χ3n) is 6.36. The summed E-state index contributed by atoms with van der Waals surface area (Å²) in [4.78, 5) is 28.2. The summed E-state index contributed by atoms with van der Waals surface area (Å²) >= 11 is 0. The van der Waals surface area contributed by atoms with Gasteiger partial charge in [-0.05, 0) is 43.0 Å². The van der Waals surface area contributed by atoms with Crippen molar-refractivity contribution in [3.8, 4) is 17.2 Å². The van der Waals surface area contributed by atoms with Gasteiger partial charge >= 0.3 is 0 Å². The number of hydrogen-bond donors (Lipinski definition) is 1. The van der Waals surface area contributed by atoms with Crippen LogP contribution in [-0.4, -0.2) is 57.7 Å². The fourth-order valence-electron chi connectivity index (χ4n) is 4.39. The molecule has 2 aromatic carbocycles. The lowest BCUT2D eigenvalue weighted by molar-refractivity contribution is -0.125. The van der Waals surface area contributed by atoms with Crippen LogP contribution in [0.5, 0.6) is 17.2 Å². The minimum Gasteiger partial charge on any atom is -0.497 e. The molecule has 1 heterocycles. The number of para-hydroxylation sites is 1. The van der Waals surface area contributed by atoms with Gasteiger partial charge in [0.05, 0.1) is 27.2 Å². The predicted octanol–water partition coefficient (Wildman–Crippen LogP) is 3.09.